The number of nitrogens with zero attached hydrogens (tertiary/aromatic N) is 1. The lowest BCUT2D eigenvalue weighted by Crippen LogP contribution is -2.28. The van der Waals surface area contributed by atoms with Crippen molar-refractivity contribution in [3.63, 3.8) is 0 Å². The van der Waals surface area contributed by atoms with E-state index in [0.717, 1.165) is 30.1 Å². The third-order valence-corrected chi connectivity index (χ3v) is 3.69. The quantitative estimate of drug-likeness (QED) is 0.868. The summed E-state index contributed by atoms with van der Waals surface area (Å²) in [7, 11) is 0. The number of rotatable bonds is 6. The average Bonchev–Trinajstić information content (AvgIpc) is 2.48. The van der Waals surface area contributed by atoms with Gasteiger partial charge >= 0.3 is 0 Å². The molecule has 0 amide bonds. The largest absolute Gasteiger partial charge is 0.308 e. The molecular weight excluding hydrogens is 268 g/mol. The number of nitrogens with one attached hydrogen (secondary N) is 1. The molecule has 2 nitrogen and oxygen atoms in total. The van der Waals surface area contributed by atoms with Gasteiger partial charge in [-0.05, 0) is 49.1 Å². The van der Waals surface area contributed by atoms with Crippen LogP contribution in [0.15, 0.2) is 42.6 Å². The van der Waals surface area contributed by atoms with Crippen LogP contribution in [0.1, 0.15) is 30.7 Å². The molecule has 2 aromatic rings. The third kappa shape index (κ3) is 4.32. The summed E-state index contributed by atoms with van der Waals surface area (Å²) in [4.78, 5) is 4.46. The van der Waals surface area contributed by atoms with Crippen LogP contribution in [0.2, 0.25) is 5.02 Å². The van der Waals surface area contributed by atoms with Crippen LogP contribution >= 0.6 is 11.6 Å². The zero-order valence-electron chi connectivity index (χ0n) is 12.1. The van der Waals surface area contributed by atoms with Crippen molar-refractivity contribution in [2.75, 3.05) is 0 Å². The van der Waals surface area contributed by atoms with Gasteiger partial charge in [-0.3, -0.25) is 4.98 Å². The number of hydrogen-bond donors (Lipinski definition) is 1. The van der Waals surface area contributed by atoms with Crippen molar-refractivity contribution in [2.45, 2.75) is 39.3 Å². The standard InChI is InChI=1S/C17H21ClN2/c1-3-15-5-4-10-19-17(15)12-20-13(2)11-14-6-8-16(18)9-7-14/h4-10,13,20H,3,11-12H2,1-2H3. The second-order valence-electron chi connectivity index (χ2n) is 5.08. The Morgan fingerprint density at radius 3 is 2.65 bits per heavy atom. The van der Waals surface area contributed by atoms with E-state index >= 15 is 0 Å². The maximum Gasteiger partial charge on any atom is 0.0573 e. The Morgan fingerprint density at radius 1 is 1.20 bits per heavy atom. The van der Waals surface area contributed by atoms with E-state index < -0.39 is 0 Å². The lowest BCUT2D eigenvalue weighted by atomic mass is 10.1. The minimum Gasteiger partial charge on any atom is -0.308 e. The van der Waals surface area contributed by atoms with E-state index in [9.17, 15) is 0 Å². The summed E-state index contributed by atoms with van der Waals surface area (Å²) in [5.41, 5.74) is 3.77. The van der Waals surface area contributed by atoms with Crippen LogP contribution in [-0.4, -0.2) is 11.0 Å². The molecule has 0 bridgehead atoms. The molecule has 0 aliphatic rings. The first-order valence-corrected chi connectivity index (χ1v) is 7.47. The smallest absolute Gasteiger partial charge is 0.0573 e. The van der Waals surface area contributed by atoms with E-state index in [1.807, 2.05) is 24.4 Å². The molecule has 0 radical (unpaired) electrons. The van der Waals surface area contributed by atoms with Crippen LogP contribution in [0, 0.1) is 0 Å². The number of pyridine rings is 1. The van der Waals surface area contributed by atoms with Crippen molar-refractivity contribution in [3.8, 4) is 0 Å². The van der Waals surface area contributed by atoms with Crippen LogP contribution in [0.5, 0.6) is 0 Å². The summed E-state index contributed by atoms with van der Waals surface area (Å²) < 4.78 is 0. The minimum atomic E-state index is 0.405. The molecule has 0 fully saturated rings. The van der Waals surface area contributed by atoms with Crippen molar-refractivity contribution in [3.05, 3.63) is 64.4 Å². The molecule has 1 heterocycles. The molecule has 106 valence electrons. The molecule has 20 heavy (non-hydrogen) atoms. The maximum absolute atomic E-state index is 5.90. The summed E-state index contributed by atoms with van der Waals surface area (Å²) in [6, 6.07) is 12.6. The molecule has 1 unspecified atom stereocenters. The highest BCUT2D eigenvalue weighted by atomic mass is 35.5. The number of hydrogen-bond acceptors (Lipinski definition) is 2. The summed E-state index contributed by atoms with van der Waals surface area (Å²) in [6.45, 7) is 5.18. The zero-order chi connectivity index (χ0) is 14.4. The van der Waals surface area contributed by atoms with Crippen LogP contribution in [0.3, 0.4) is 0 Å². The zero-order valence-corrected chi connectivity index (χ0v) is 12.8. The van der Waals surface area contributed by atoms with Gasteiger partial charge in [0.15, 0.2) is 0 Å². The number of halogens is 1. The van der Waals surface area contributed by atoms with Gasteiger partial charge < -0.3 is 5.32 Å². The van der Waals surface area contributed by atoms with Gasteiger partial charge in [0.2, 0.25) is 0 Å². The van der Waals surface area contributed by atoms with Crippen molar-refractivity contribution >= 4 is 11.6 Å². The molecular formula is C17H21ClN2. The second-order valence-corrected chi connectivity index (χ2v) is 5.51. The van der Waals surface area contributed by atoms with Crippen molar-refractivity contribution in [2.24, 2.45) is 0 Å². The Balaban J connectivity index is 1.88. The van der Waals surface area contributed by atoms with E-state index in [-0.39, 0.29) is 0 Å². The molecule has 0 aliphatic carbocycles. The van der Waals surface area contributed by atoms with Gasteiger partial charge in [0.25, 0.3) is 0 Å². The lowest BCUT2D eigenvalue weighted by molar-refractivity contribution is 0.538. The van der Waals surface area contributed by atoms with E-state index in [0.29, 0.717) is 6.04 Å². The van der Waals surface area contributed by atoms with Crippen LogP contribution in [0.4, 0.5) is 0 Å². The molecule has 2 rings (SSSR count). The Morgan fingerprint density at radius 2 is 1.95 bits per heavy atom. The Labute approximate surface area is 126 Å². The summed E-state index contributed by atoms with van der Waals surface area (Å²) in [5.74, 6) is 0. The number of aryl methyl sites for hydroxylation is 1. The molecule has 1 N–H and O–H groups in total. The Hall–Kier alpha value is -1.38. The van der Waals surface area contributed by atoms with E-state index in [1.165, 1.54) is 11.1 Å². The van der Waals surface area contributed by atoms with Gasteiger partial charge in [-0.25, -0.2) is 0 Å². The van der Waals surface area contributed by atoms with Crippen LogP contribution in [-0.2, 0) is 19.4 Å². The van der Waals surface area contributed by atoms with Gasteiger partial charge in [-0.1, -0.05) is 36.7 Å². The lowest BCUT2D eigenvalue weighted by Gasteiger charge is -2.15. The molecule has 3 heteroatoms. The third-order valence-electron chi connectivity index (χ3n) is 3.44. The molecule has 0 aliphatic heterocycles. The Bertz CT molecular complexity index is 537. The molecule has 1 aromatic heterocycles. The highest BCUT2D eigenvalue weighted by Gasteiger charge is 2.06. The fourth-order valence-electron chi connectivity index (χ4n) is 2.27. The minimum absolute atomic E-state index is 0.405. The molecule has 1 atom stereocenters. The Kier molecular flexibility index (Phi) is 5.57. The van der Waals surface area contributed by atoms with Gasteiger partial charge in [0, 0.05) is 23.8 Å². The first-order chi connectivity index (χ1) is 9.69. The maximum atomic E-state index is 5.90. The molecule has 0 saturated heterocycles. The van der Waals surface area contributed by atoms with Crippen LogP contribution in [0.25, 0.3) is 0 Å². The van der Waals surface area contributed by atoms with Gasteiger partial charge in [0.05, 0.1) is 5.69 Å². The molecule has 1 aromatic carbocycles. The topological polar surface area (TPSA) is 24.9 Å². The van der Waals surface area contributed by atoms with Crippen molar-refractivity contribution in [1.29, 1.82) is 0 Å². The first-order valence-electron chi connectivity index (χ1n) is 7.09. The monoisotopic (exact) mass is 288 g/mol. The van der Waals surface area contributed by atoms with Crippen molar-refractivity contribution < 1.29 is 0 Å². The highest BCUT2D eigenvalue weighted by molar-refractivity contribution is 6.30. The van der Waals surface area contributed by atoms with E-state index in [2.05, 4.69) is 42.3 Å². The molecule has 0 saturated carbocycles. The molecule has 0 spiro atoms. The highest BCUT2D eigenvalue weighted by Crippen LogP contribution is 2.11. The van der Waals surface area contributed by atoms with Gasteiger partial charge in [-0.15, -0.1) is 0 Å². The average molecular weight is 289 g/mol. The number of aromatic nitrogens is 1. The SMILES string of the molecule is CCc1cccnc1CNC(C)Cc1ccc(Cl)cc1. The number of benzene rings is 1. The fraction of sp³-hybridized carbons (Fsp3) is 0.353. The normalized spacial score (nSPS) is 12.3. The van der Waals surface area contributed by atoms with E-state index in [1.54, 1.807) is 0 Å². The van der Waals surface area contributed by atoms with Crippen molar-refractivity contribution in [1.82, 2.24) is 10.3 Å². The summed E-state index contributed by atoms with van der Waals surface area (Å²) >= 11 is 5.90. The van der Waals surface area contributed by atoms with Crippen LogP contribution < -0.4 is 5.32 Å². The van der Waals surface area contributed by atoms with Gasteiger partial charge in [-0.2, -0.15) is 0 Å². The van der Waals surface area contributed by atoms with E-state index in [4.69, 9.17) is 11.6 Å². The summed E-state index contributed by atoms with van der Waals surface area (Å²) in [6.07, 6.45) is 3.88. The fourth-order valence-corrected chi connectivity index (χ4v) is 2.40. The predicted octanol–water partition coefficient (Wildman–Crippen LogP) is 4.02. The summed E-state index contributed by atoms with van der Waals surface area (Å²) in [5, 5.41) is 4.33. The predicted molar refractivity (Wildman–Crippen MR) is 85.1 cm³/mol. The second kappa shape index (κ2) is 7.41. The van der Waals surface area contributed by atoms with Gasteiger partial charge in [0.1, 0.15) is 0 Å². The first kappa shape index (κ1) is 15.0.